The number of benzene rings is 3. The molecule has 0 atom stereocenters. The second kappa shape index (κ2) is 11.6. The Hall–Kier alpha value is -3.47. The van der Waals surface area contributed by atoms with Crippen LogP contribution in [-0.2, 0) is 24.3 Å². The molecule has 4 nitrogen and oxygen atoms in total. The lowest BCUT2D eigenvalue weighted by molar-refractivity contribution is -0.116. The van der Waals surface area contributed by atoms with Crippen molar-refractivity contribution in [2.24, 2.45) is 0 Å². The van der Waals surface area contributed by atoms with E-state index in [2.05, 4.69) is 46.5 Å². The van der Waals surface area contributed by atoms with Gasteiger partial charge in [-0.1, -0.05) is 60.1 Å². The Morgan fingerprint density at radius 3 is 1.91 bits per heavy atom. The van der Waals surface area contributed by atoms with Crippen LogP contribution in [0.1, 0.15) is 23.1 Å². The number of aromatic nitrogens is 1. The first-order valence-electron chi connectivity index (χ1n) is 11.4. The molecular formula is C29H28ClN3O. The molecule has 0 spiro atoms. The number of pyridine rings is 1. The van der Waals surface area contributed by atoms with E-state index in [0.717, 1.165) is 40.5 Å². The Bertz CT molecular complexity index is 1190. The van der Waals surface area contributed by atoms with Crippen LogP contribution in [0.3, 0.4) is 0 Å². The number of nitrogens with one attached hydrogen (secondary N) is 1. The number of hydrogen-bond acceptors (Lipinski definition) is 3. The Labute approximate surface area is 206 Å². The van der Waals surface area contributed by atoms with Crippen molar-refractivity contribution in [2.75, 3.05) is 12.4 Å². The number of amides is 1. The largest absolute Gasteiger partial charge is 0.326 e. The van der Waals surface area contributed by atoms with Crippen LogP contribution in [-0.4, -0.2) is 22.8 Å². The molecule has 34 heavy (non-hydrogen) atoms. The fourth-order valence-corrected chi connectivity index (χ4v) is 3.97. The molecule has 1 N–H and O–H groups in total. The third kappa shape index (κ3) is 7.01. The van der Waals surface area contributed by atoms with Crippen LogP contribution in [0.5, 0.6) is 0 Å². The van der Waals surface area contributed by atoms with Crippen LogP contribution in [0.2, 0.25) is 5.02 Å². The first-order valence-corrected chi connectivity index (χ1v) is 11.7. The maximum absolute atomic E-state index is 12.4. The van der Waals surface area contributed by atoms with Crippen molar-refractivity contribution in [1.82, 2.24) is 9.88 Å². The number of carbonyl (C=O) groups is 1. The predicted molar refractivity (Wildman–Crippen MR) is 140 cm³/mol. The predicted octanol–water partition coefficient (Wildman–Crippen LogP) is 6.61. The minimum Gasteiger partial charge on any atom is -0.326 e. The number of anilines is 1. The summed E-state index contributed by atoms with van der Waals surface area (Å²) in [5.41, 5.74) is 6.64. The first kappa shape index (κ1) is 23.7. The summed E-state index contributed by atoms with van der Waals surface area (Å²) >= 11 is 5.96. The minimum atomic E-state index is 0.0143. The third-order valence-electron chi connectivity index (χ3n) is 5.66. The maximum atomic E-state index is 12.4. The highest BCUT2D eigenvalue weighted by atomic mass is 35.5. The van der Waals surface area contributed by atoms with E-state index >= 15 is 0 Å². The van der Waals surface area contributed by atoms with Crippen molar-refractivity contribution >= 4 is 23.2 Å². The van der Waals surface area contributed by atoms with Crippen molar-refractivity contribution in [3.05, 3.63) is 119 Å². The van der Waals surface area contributed by atoms with Gasteiger partial charge in [-0.15, -0.1) is 0 Å². The smallest absolute Gasteiger partial charge is 0.224 e. The monoisotopic (exact) mass is 469 g/mol. The van der Waals surface area contributed by atoms with Crippen LogP contribution >= 0.6 is 11.6 Å². The standard InChI is InChI=1S/C29H28ClN3O/c1-33(21-24-16-18-31-19-17-24)20-23-4-2-22(3-5-23)6-15-29(34)32-28-13-9-26(10-14-28)25-7-11-27(30)12-8-25/h2-5,7-14,16-19H,6,15,20-21H2,1H3,(H,32,34). The summed E-state index contributed by atoms with van der Waals surface area (Å²) in [6.45, 7) is 1.75. The van der Waals surface area contributed by atoms with Crippen LogP contribution in [0, 0.1) is 0 Å². The zero-order valence-electron chi connectivity index (χ0n) is 19.2. The SMILES string of the molecule is CN(Cc1ccncc1)Cc1ccc(CCC(=O)Nc2ccc(-c3ccc(Cl)cc3)cc2)cc1. The number of nitrogens with zero attached hydrogens (tertiary/aromatic N) is 2. The lowest BCUT2D eigenvalue weighted by Crippen LogP contribution is -2.17. The second-order valence-electron chi connectivity index (χ2n) is 8.48. The van der Waals surface area contributed by atoms with Crippen LogP contribution in [0.4, 0.5) is 5.69 Å². The molecule has 0 saturated carbocycles. The van der Waals surface area contributed by atoms with E-state index in [1.54, 1.807) is 0 Å². The summed E-state index contributed by atoms with van der Waals surface area (Å²) in [5.74, 6) is 0.0143. The Morgan fingerprint density at radius 1 is 0.765 bits per heavy atom. The van der Waals surface area contributed by atoms with Gasteiger partial charge < -0.3 is 5.32 Å². The van der Waals surface area contributed by atoms with Gasteiger partial charge in [-0.25, -0.2) is 0 Å². The molecule has 5 heteroatoms. The summed E-state index contributed by atoms with van der Waals surface area (Å²) < 4.78 is 0. The van der Waals surface area contributed by atoms with Gasteiger partial charge in [-0.2, -0.15) is 0 Å². The molecule has 1 heterocycles. The van der Waals surface area contributed by atoms with Gasteiger partial charge in [0.05, 0.1) is 0 Å². The molecule has 4 rings (SSSR count). The van der Waals surface area contributed by atoms with Gasteiger partial charge in [0.1, 0.15) is 0 Å². The van der Waals surface area contributed by atoms with Gasteiger partial charge in [0.25, 0.3) is 0 Å². The highest BCUT2D eigenvalue weighted by Gasteiger charge is 2.06. The number of aryl methyl sites for hydroxylation is 1. The Morgan fingerprint density at radius 2 is 1.29 bits per heavy atom. The van der Waals surface area contributed by atoms with Crippen molar-refractivity contribution < 1.29 is 4.79 Å². The van der Waals surface area contributed by atoms with Gasteiger partial charge in [0.2, 0.25) is 5.91 Å². The van der Waals surface area contributed by atoms with E-state index < -0.39 is 0 Å². The molecular weight excluding hydrogens is 442 g/mol. The summed E-state index contributed by atoms with van der Waals surface area (Å²) in [6, 6.07) is 28.2. The molecule has 4 aromatic rings. The molecule has 0 aliphatic heterocycles. The van der Waals surface area contributed by atoms with Gasteiger partial charge in [0, 0.05) is 42.6 Å². The second-order valence-corrected chi connectivity index (χ2v) is 8.91. The average molecular weight is 470 g/mol. The topological polar surface area (TPSA) is 45.2 Å². The minimum absolute atomic E-state index is 0.0143. The van der Waals surface area contributed by atoms with Gasteiger partial charge in [-0.3, -0.25) is 14.7 Å². The van der Waals surface area contributed by atoms with E-state index in [1.165, 1.54) is 11.1 Å². The van der Waals surface area contributed by atoms with Crippen LogP contribution in [0.25, 0.3) is 11.1 Å². The van der Waals surface area contributed by atoms with E-state index in [-0.39, 0.29) is 5.91 Å². The lowest BCUT2D eigenvalue weighted by Gasteiger charge is -2.17. The van der Waals surface area contributed by atoms with Crippen molar-refractivity contribution in [3.8, 4) is 11.1 Å². The van der Waals surface area contributed by atoms with E-state index in [1.807, 2.05) is 73.1 Å². The summed E-state index contributed by atoms with van der Waals surface area (Å²) in [4.78, 5) is 18.8. The van der Waals surface area contributed by atoms with Crippen molar-refractivity contribution in [1.29, 1.82) is 0 Å². The van der Waals surface area contributed by atoms with Gasteiger partial charge in [0.15, 0.2) is 0 Å². The first-order chi connectivity index (χ1) is 16.5. The molecule has 0 saturated heterocycles. The average Bonchev–Trinajstić information content (AvgIpc) is 2.85. The van der Waals surface area contributed by atoms with E-state index in [4.69, 9.17) is 11.6 Å². The quantitative estimate of drug-likeness (QED) is 0.300. The van der Waals surface area contributed by atoms with Crippen molar-refractivity contribution in [3.63, 3.8) is 0 Å². The fourth-order valence-electron chi connectivity index (χ4n) is 3.85. The number of hydrogen-bond donors (Lipinski definition) is 1. The number of halogens is 1. The van der Waals surface area contributed by atoms with Crippen molar-refractivity contribution in [2.45, 2.75) is 25.9 Å². The molecule has 0 radical (unpaired) electrons. The molecule has 3 aromatic carbocycles. The van der Waals surface area contributed by atoms with Crippen LogP contribution in [0.15, 0.2) is 97.3 Å². The summed E-state index contributed by atoms with van der Waals surface area (Å²) in [5, 5.41) is 3.71. The zero-order valence-corrected chi connectivity index (χ0v) is 20.0. The maximum Gasteiger partial charge on any atom is 0.224 e. The molecule has 1 amide bonds. The fraction of sp³-hybridized carbons (Fsp3) is 0.172. The molecule has 0 aliphatic rings. The highest BCUT2D eigenvalue weighted by Crippen LogP contribution is 2.23. The van der Waals surface area contributed by atoms with Gasteiger partial charge in [-0.05, 0) is 77.7 Å². The molecule has 172 valence electrons. The molecule has 0 unspecified atom stereocenters. The lowest BCUT2D eigenvalue weighted by atomic mass is 10.1. The Kier molecular flexibility index (Phi) is 8.08. The number of rotatable bonds is 9. The summed E-state index contributed by atoms with van der Waals surface area (Å²) in [6.07, 6.45) is 4.80. The third-order valence-corrected chi connectivity index (χ3v) is 5.92. The molecule has 0 fully saturated rings. The molecule has 0 bridgehead atoms. The van der Waals surface area contributed by atoms with E-state index in [0.29, 0.717) is 12.8 Å². The zero-order chi connectivity index (χ0) is 23.8. The molecule has 1 aromatic heterocycles. The molecule has 0 aliphatic carbocycles. The van der Waals surface area contributed by atoms with E-state index in [9.17, 15) is 4.79 Å². The highest BCUT2D eigenvalue weighted by molar-refractivity contribution is 6.30. The van der Waals surface area contributed by atoms with Crippen LogP contribution < -0.4 is 5.32 Å². The van der Waals surface area contributed by atoms with Gasteiger partial charge >= 0.3 is 0 Å². The normalized spacial score (nSPS) is 10.9. The summed E-state index contributed by atoms with van der Waals surface area (Å²) in [7, 11) is 2.11. The Balaban J connectivity index is 1.23. The number of carbonyl (C=O) groups excluding carboxylic acids is 1.